The predicted molar refractivity (Wildman–Crippen MR) is 50.4 cm³/mol. The van der Waals surface area contributed by atoms with Gasteiger partial charge in [0.15, 0.2) is 0 Å². The molecule has 0 aliphatic rings. The van der Waals surface area contributed by atoms with Crippen molar-refractivity contribution in [2.75, 3.05) is 0 Å². The van der Waals surface area contributed by atoms with Crippen molar-refractivity contribution < 1.29 is 13.5 Å². The van der Waals surface area contributed by atoms with Gasteiger partial charge in [0.1, 0.15) is 5.75 Å². The average Bonchev–Trinajstić information content (AvgIpc) is 2.07. The van der Waals surface area contributed by atoms with Gasteiger partial charge in [0, 0.05) is 11.6 Å². The molecule has 0 aliphatic heterocycles. The Morgan fingerprint density at radius 2 is 2.00 bits per heavy atom. The maximum atomic E-state index is 12.1. The molecule has 1 atom stereocenters. The lowest BCUT2D eigenvalue weighted by molar-refractivity contribution is -0.0510. The fourth-order valence-corrected chi connectivity index (χ4v) is 1.28. The molecule has 0 fully saturated rings. The molecule has 0 heterocycles. The van der Waals surface area contributed by atoms with Crippen LogP contribution >= 0.6 is 0 Å². The second-order valence-electron chi connectivity index (χ2n) is 3.16. The van der Waals surface area contributed by atoms with E-state index in [1.807, 2.05) is 0 Å². The Balaban J connectivity index is 3.09. The highest BCUT2D eigenvalue weighted by Crippen LogP contribution is 2.28. The van der Waals surface area contributed by atoms with Gasteiger partial charge in [-0.15, -0.1) is 0 Å². The summed E-state index contributed by atoms with van der Waals surface area (Å²) in [5, 5.41) is 0. The molecule has 1 aromatic rings. The van der Waals surface area contributed by atoms with Gasteiger partial charge >= 0.3 is 6.61 Å². The Labute approximate surface area is 81.7 Å². The number of para-hydroxylation sites is 1. The lowest BCUT2D eigenvalue weighted by Crippen LogP contribution is -2.11. The molecule has 0 bridgehead atoms. The number of hydrogen-bond acceptors (Lipinski definition) is 2. The maximum Gasteiger partial charge on any atom is 0.387 e. The second kappa shape index (κ2) is 4.37. The highest BCUT2D eigenvalue weighted by atomic mass is 19.3. The van der Waals surface area contributed by atoms with Gasteiger partial charge < -0.3 is 10.5 Å². The van der Waals surface area contributed by atoms with E-state index in [0.29, 0.717) is 11.1 Å². The minimum Gasteiger partial charge on any atom is -0.434 e. The lowest BCUT2D eigenvalue weighted by Gasteiger charge is -2.15. The Hall–Kier alpha value is -1.16. The summed E-state index contributed by atoms with van der Waals surface area (Å²) in [5.41, 5.74) is 6.90. The predicted octanol–water partition coefficient (Wildman–Crippen LogP) is 2.62. The molecule has 0 aliphatic carbocycles. The van der Waals surface area contributed by atoms with Gasteiger partial charge in [0.2, 0.25) is 0 Å². The second-order valence-corrected chi connectivity index (χ2v) is 3.16. The molecular formula is C10H13F2NO. The van der Waals surface area contributed by atoms with Gasteiger partial charge in [-0.3, -0.25) is 0 Å². The number of hydrogen-bond donors (Lipinski definition) is 1. The van der Waals surface area contributed by atoms with E-state index in [4.69, 9.17) is 5.73 Å². The summed E-state index contributed by atoms with van der Waals surface area (Å²) in [6, 6.07) is 4.86. The van der Waals surface area contributed by atoms with Crippen molar-refractivity contribution in [3.8, 4) is 5.75 Å². The molecule has 78 valence electrons. The zero-order valence-corrected chi connectivity index (χ0v) is 8.13. The number of nitrogens with two attached hydrogens (primary N) is 1. The first-order valence-electron chi connectivity index (χ1n) is 4.32. The minimum absolute atomic E-state index is 0.192. The molecule has 0 saturated carbocycles. The third-order valence-electron chi connectivity index (χ3n) is 1.94. The zero-order valence-electron chi connectivity index (χ0n) is 8.13. The zero-order chi connectivity index (χ0) is 10.7. The topological polar surface area (TPSA) is 35.2 Å². The van der Waals surface area contributed by atoms with Crippen LogP contribution in [0.3, 0.4) is 0 Å². The Bertz CT molecular complexity index is 313. The smallest absolute Gasteiger partial charge is 0.387 e. The van der Waals surface area contributed by atoms with Crippen LogP contribution in [0.15, 0.2) is 18.2 Å². The van der Waals surface area contributed by atoms with Crippen LogP contribution in [0.2, 0.25) is 0 Å². The fraction of sp³-hybridized carbons (Fsp3) is 0.400. The monoisotopic (exact) mass is 201 g/mol. The molecular weight excluding hydrogens is 188 g/mol. The third kappa shape index (κ3) is 2.42. The van der Waals surface area contributed by atoms with Crippen molar-refractivity contribution in [3.63, 3.8) is 0 Å². The van der Waals surface area contributed by atoms with E-state index in [1.54, 1.807) is 32.0 Å². The van der Waals surface area contributed by atoms with Crippen molar-refractivity contribution in [2.45, 2.75) is 26.5 Å². The van der Waals surface area contributed by atoms with E-state index >= 15 is 0 Å². The SMILES string of the molecule is Cc1cccc(C(C)N)c1OC(F)F. The van der Waals surface area contributed by atoms with Crippen molar-refractivity contribution in [1.82, 2.24) is 0 Å². The van der Waals surface area contributed by atoms with Gasteiger partial charge in [0.25, 0.3) is 0 Å². The summed E-state index contributed by atoms with van der Waals surface area (Å²) >= 11 is 0. The summed E-state index contributed by atoms with van der Waals surface area (Å²) in [7, 11) is 0. The van der Waals surface area contributed by atoms with Gasteiger partial charge in [0.05, 0.1) is 0 Å². The molecule has 1 unspecified atom stereocenters. The van der Waals surface area contributed by atoms with Crippen LogP contribution in [-0.4, -0.2) is 6.61 Å². The molecule has 0 radical (unpaired) electrons. The molecule has 1 rings (SSSR count). The summed E-state index contributed by atoms with van der Waals surface area (Å²) < 4.78 is 28.6. The quantitative estimate of drug-likeness (QED) is 0.815. The number of alkyl halides is 2. The van der Waals surface area contributed by atoms with Crippen molar-refractivity contribution in [1.29, 1.82) is 0 Å². The van der Waals surface area contributed by atoms with Gasteiger partial charge in [-0.25, -0.2) is 0 Å². The van der Waals surface area contributed by atoms with E-state index in [0.717, 1.165) is 0 Å². The van der Waals surface area contributed by atoms with Crippen LogP contribution in [0.25, 0.3) is 0 Å². The van der Waals surface area contributed by atoms with Crippen LogP contribution in [0.4, 0.5) is 8.78 Å². The molecule has 0 spiro atoms. The Morgan fingerprint density at radius 3 is 2.50 bits per heavy atom. The molecule has 14 heavy (non-hydrogen) atoms. The number of ether oxygens (including phenoxy) is 1. The number of halogens is 2. The van der Waals surface area contributed by atoms with E-state index in [2.05, 4.69) is 4.74 Å². The molecule has 2 nitrogen and oxygen atoms in total. The highest BCUT2D eigenvalue weighted by molar-refractivity contribution is 5.42. The number of benzene rings is 1. The van der Waals surface area contributed by atoms with Crippen LogP contribution in [0.5, 0.6) is 5.75 Å². The van der Waals surface area contributed by atoms with Gasteiger partial charge in [-0.1, -0.05) is 18.2 Å². The average molecular weight is 201 g/mol. The summed E-state index contributed by atoms with van der Waals surface area (Å²) in [6.07, 6.45) is 0. The van der Waals surface area contributed by atoms with Gasteiger partial charge in [-0.2, -0.15) is 8.78 Å². The molecule has 1 aromatic carbocycles. The Morgan fingerprint density at radius 1 is 1.36 bits per heavy atom. The normalized spacial score (nSPS) is 13.0. The standard InChI is InChI=1S/C10H13F2NO/c1-6-4-3-5-8(7(2)13)9(6)14-10(11)12/h3-5,7,10H,13H2,1-2H3. The van der Waals surface area contributed by atoms with Crippen LogP contribution in [0, 0.1) is 6.92 Å². The van der Waals surface area contributed by atoms with Crippen molar-refractivity contribution in [2.24, 2.45) is 5.73 Å². The molecule has 2 N–H and O–H groups in total. The van der Waals surface area contributed by atoms with E-state index in [-0.39, 0.29) is 11.8 Å². The number of rotatable bonds is 3. The fourth-order valence-electron chi connectivity index (χ4n) is 1.28. The van der Waals surface area contributed by atoms with Crippen molar-refractivity contribution >= 4 is 0 Å². The third-order valence-corrected chi connectivity index (χ3v) is 1.94. The van der Waals surface area contributed by atoms with Crippen LogP contribution < -0.4 is 10.5 Å². The largest absolute Gasteiger partial charge is 0.434 e. The minimum atomic E-state index is -2.81. The first-order chi connectivity index (χ1) is 6.52. The summed E-state index contributed by atoms with van der Waals surface area (Å²) in [6.45, 7) is 0.630. The summed E-state index contributed by atoms with van der Waals surface area (Å²) in [5.74, 6) is 0.192. The first-order valence-corrected chi connectivity index (χ1v) is 4.32. The first kappa shape index (κ1) is 10.9. The van der Waals surface area contributed by atoms with E-state index in [1.165, 1.54) is 0 Å². The van der Waals surface area contributed by atoms with E-state index in [9.17, 15) is 8.78 Å². The molecule has 0 aromatic heterocycles. The highest BCUT2D eigenvalue weighted by Gasteiger charge is 2.14. The Kier molecular flexibility index (Phi) is 3.41. The van der Waals surface area contributed by atoms with Crippen LogP contribution in [0.1, 0.15) is 24.1 Å². The molecule has 0 amide bonds. The molecule has 4 heteroatoms. The summed E-state index contributed by atoms with van der Waals surface area (Å²) in [4.78, 5) is 0. The van der Waals surface area contributed by atoms with Gasteiger partial charge in [-0.05, 0) is 19.4 Å². The van der Waals surface area contributed by atoms with Crippen molar-refractivity contribution in [3.05, 3.63) is 29.3 Å². The maximum absolute atomic E-state index is 12.1. The molecule has 0 saturated heterocycles. The number of aryl methyl sites for hydroxylation is 1. The lowest BCUT2D eigenvalue weighted by atomic mass is 10.0. The van der Waals surface area contributed by atoms with Crippen LogP contribution in [-0.2, 0) is 0 Å². The van der Waals surface area contributed by atoms with E-state index < -0.39 is 6.61 Å².